The van der Waals surface area contributed by atoms with Crippen LogP contribution in [0.4, 0.5) is 0 Å². The van der Waals surface area contributed by atoms with Crippen LogP contribution >= 0.6 is 0 Å². The lowest BCUT2D eigenvalue weighted by Gasteiger charge is -2.23. The van der Waals surface area contributed by atoms with Gasteiger partial charge >= 0.3 is 0 Å². The van der Waals surface area contributed by atoms with Gasteiger partial charge in [0.05, 0.1) is 5.52 Å². The summed E-state index contributed by atoms with van der Waals surface area (Å²) < 4.78 is 0. The van der Waals surface area contributed by atoms with Crippen LogP contribution in [0.15, 0.2) is 66.7 Å². The molecule has 0 saturated carbocycles. The first kappa shape index (κ1) is 23.4. The molecular formula is C27H30N4O3. The van der Waals surface area contributed by atoms with E-state index in [2.05, 4.69) is 15.6 Å². The number of aromatic nitrogens is 1. The predicted octanol–water partition coefficient (Wildman–Crippen LogP) is 3.30. The van der Waals surface area contributed by atoms with Gasteiger partial charge in [-0.25, -0.2) is 4.98 Å². The van der Waals surface area contributed by atoms with E-state index >= 15 is 0 Å². The van der Waals surface area contributed by atoms with Gasteiger partial charge in [-0.05, 0) is 37.0 Å². The summed E-state index contributed by atoms with van der Waals surface area (Å²) >= 11 is 0. The van der Waals surface area contributed by atoms with Crippen LogP contribution in [-0.2, 0) is 16.1 Å². The van der Waals surface area contributed by atoms with Crippen LogP contribution in [0.3, 0.4) is 0 Å². The summed E-state index contributed by atoms with van der Waals surface area (Å²) in [5.74, 6) is -0.554. The number of para-hydroxylation sites is 1. The zero-order valence-corrected chi connectivity index (χ0v) is 19.2. The summed E-state index contributed by atoms with van der Waals surface area (Å²) in [4.78, 5) is 44.6. The third-order valence-corrected chi connectivity index (χ3v) is 6.19. The molecule has 7 nitrogen and oxygen atoms in total. The lowest BCUT2D eigenvalue weighted by Crippen LogP contribution is -2.36. The zero-order chi connectivity index (χ0) is 23.8. The number of nitrogens with zero attached hydrogens (tertiary/aromatic N) is 2. The Hall–Kier alpha value is -3.74. The van der Waals surface area contributed by atoms with E-state index in [1.165, 1.54) is 0 Å². The van der Waals surface area contributed by atoms with Crippen LogP contribution in [0.5, 0.6) is 0 Å². The number of carbonyl (C=O) groups is 3. The first-order valence-electron chi connectivity index (χ1n) is 11.8. The Morgan fingerprint density at radius 3 is 2.62 bits per heavy atom. The molecule has 3 aromatic rings. The molecule has 1 saturated heterocycles. The molecular weight excluding hydrogens is 428 g/mol. The normalized spacial score (nSPS) is 17.5. The maximum Gasteiger partial charge on any atom is 0.272 e. The maximum absolute atomic E-state index is 13.2. The van der Waals surface area contributed by atoms with Crippen molar-refractivity contribution in [3.8, 4) is 0 Å². The largest absolute Gasteiger partial charge is 0.356 e. The third-order valence-electron chi connectivity index (χ3n) is 6.19. The number of hydrogen-bond acceptors (Lipinski definition) is 4. The summed E-state index contributed by atoms with van der Waals surface area (Å²) in [7, 11) is 0. The lowest BCUT2D eigenvalue weighted by atomic mass is 9.98. The van der Waals surface area contributed by atoms with E-state index in [0.717, 1.165) is 16.5 Å². The predicted molar refractivity (Wildman–Crippen MR) is 131 cm³/mol. The van der Waals surface area contributed by atoms with E-state index in [1.54, 1.807) is 11.0 Å². The molecule has 0 bridgehead atoms. The minimum atomic E-state index is -0.224. The van der Waals surface area contributed by atoms with Crippen LogP contribution < -0.4 is 10.6 Å². The van der Waals surface area contributed by atoms with Crippen LogP contribution in [0, 0.1) is 5.92 Å². The van der Waals surface area contributed by atoms with Gasteiger partial charge < -0.3 is 15.5 Å². The zero-order valence-electron chi connectivity index (χ0n) is 19.2. The molecule has 1 aromatic heterocycles. The van der Waals surface area contributed by atoms with E-state index in [4.69, 9.17) is 0 Å². The van der Waals surface area contributed by atoms with Gasteiger partial charge in [-0.3, -0.25) is 14.4 Å². The molecule has 0 aliphatic carbocycles. The number of fused-ring (bicyclic) bond motifs is 1. The van der Waals surface area contributed by atoms with Gasteiger partial charge in [-0.15, -0.1) is 0 Å². The molecule has 2 heterocycles. The summed E-state index contributed by atoms with van der Waals surface area (Å²) in [5, 5.41) is 6.88. The molecule has 1 unspecified atom stereocenters. The highest BCUT2D eigenvalue weighted by Crippen LogP contribution is 2.17. The second-order valence-electron chi connectivity index (χ2n) is 8.61. The molecule has 2 N–H and O–H groups in total. The third kappa shape index (κ3) is 6.19. The van der Waals surface area contributed by atoms with Gasteiger partial charge in [0.2, 0.25) is 11.8 Å². The number of amides is 3. The highest BCUT2D eigenvalue weighted by molar-refractivity contribution is 5.95. The minimum Gasteiger partial charge on any atom is -0.356 e. The number of benzene rings is 2. The highest BCUT2D eigenvalue weighted by Gasteiger charge is 2.23. The molecule has 1 aliphatic heterocycles. The maximum atomic E-state index is 13.2. The Balaban J connectivity index is 1.41. The molecule has 2 aromatic carbocycles. The van der Waals surface area contributed by atoms with Crippen molar-refractivity contribution < 1.29 is 14.4 Å². The Morgan fingerprint density at radius 1 is 0.971 bits per heavy atom. The summed E-state index contributed by atoms with van der Waals surface area (Å²) in [6.07, 6.45) is 2.12. The first-order chi connectivity index (χ1) is 16.6. The summed E-state index contributed by atoms with van der Waals surface area (Å²) in [6.45, 7) is 1.72. The molecule has 1 fully saturated rings. The van der Waals surface area contributed by atoms with E-state index in [0.29, 0.717) is 51.1 Å². The average Bonchev–Trinajstić information content (AvgIpc) is 2.92. The number of nitrogens with one attached hydrogen (secondary N) is 2. The highest BCUT2D eigenvalue weighted by atomic mass is 16.2. The van der Waals surface area contributed by atoms with Crippen molar-refractivity contribution in [2.24, 2.45) is 5.92 Å². The van der Waals surface area contributed by atoms with Crippen molar-refractivity contribution in [3.63, 3.8) is 0 Å². The number of pyridine rings is 1. The van der Waals surface area contributed by atoms with Crippen molar-refractivity contribution in [2.75, 3.05) is 19.6 Å². The lowest BCUT2D eigenvalue weighted by molar-refractivity contribution is -0.126. The Labute approximate surface area is 199 Å². The van der Waals surface area contributed by atoms with E-state index in [-0.39, 0.29) is 30.1 Å². The molecule has 0 radical (unpaired) electrons. The molecule has 176 valence electrons. The van der Waals surface area contributed by atoms with Gasteiger partial charge in [-0.1, -0.05) is 54.6 Å². The van der Waals surface area contributed by atoms with Crippen LogP contribution in [0.1, 0.15) is 41.7 Å². The van der Waals surface area contributed by atoms with Crippen molar-refractivity contribution in [1.82, 2.24) is 20.5 Å². The fourth-order valence-electron chi connectivity index (χ4n) is 4.24. The molecule has 4 rings (SSSR count). The van der Waals surface area contributed by atoms with Crippen molar-refractivity contribution in [3.05, 3.63) is 78.0 Å². The molecule has 0 spiro atoms. The SMILES string of the molecule is O=C1CCN(C(=O)c2ccc3ccccc3n2)CCCC(C(=O)NCc2ccccc2)CCN1. The molecule has 7 heteroatoms. The summed E-state index contributed by atoms with van der Waals surface area (Å²) in [6, 6.07) is 21.1. The van der Waals surface area contributed by atoms with Crippen LogP contribution in [0.25, 0.3) is 10.9 Å². The van der Waals surface area contributed by atoms with E-state index in [9.17, 15) is 14.4 Å². The monoisotopic (exact) mass is 458 g/mol. The van der Waals surface area contributed by atoms with Crippen molar-refractivity contribution >= 4 is 28.6 Å². The summed E-state index contributed by atoms with van der Waals surface area (Å²) in [5.41, 5.74) is 2.17. The second kappa shape index (κ2) is 11.4. The Morgan fingerprint density at radius 2 is 1.76 bits per heavy atom. The number of carbonyl (C=O) groups excluding carboxylic acids is 3. The van der Waals surface area contributed by atoms with Gasteiger partial charge in [0.25, 0.3) is 5.91 Å². The second-order valence-corrected chi connectivity index (χ2v) is 8.61. The van der Waals surface area contributed by atoms with Crippen molar-refractivity contribution in [1.29, 1.82) is 0 Å². The number of hydrogen-bond donors (Lipinski definition) is 2. The molecule has 3 amide bonds. The smallest absolute Gasteiger partial charge is 0.272 e. The topological polar surface area (TPSA) is 91.4 Å². The fraction of sp³-hybridized carbons (Fsp3) is 0.333. The standard InChI is InChI=1S/C27H30N4O3/c32-25-15-18-31(27(34)24-13-12-21-9-4-5-11-23(21)30-24)17-6-10-22(14-16-28-25)26(33)29-19-20-7-2-1-3-8-20/h1-5,7-9,11-13,22H,6,10,14-19H2,(H,28,32)(H,29,33). The van der Waals surface area contributed by atoms with Gasteiger partial charge in [0, 0.05) is 43.9 Å². The van der Waals surface area contributed by atoms with Gasteiger partial charge in [0.1, 0.15) is 5.69 Å². The molecule has 34 heavy (non-hydrogen) atoms. The molecule has 1 atom stereocenters. The fourth-order valence-corrected chi connectivity index (χ4v) is 4.24. The van der Waals surface area contributed by atoms with E-state index in [1.807, 2.05) is 60.7 Å². The van der Waals surface area contributed by atoms with Gasteiger partial charge in [0.15, 0.2) is 0 Å². The van der Waals surface area contributed by atoms with Crippen LogP contribution in [-0.4, -0.2) is 47.2 Å². The first-order valence-corrected chi connectivity index (χ1v) is 11.8. The Kier molecular flexibility index (Phi) is 7.86. The van der Waals surface area contributed by atoms with Crippen molar-refractivity contribution in [2.45, 2.75) is 32.2 Å². The molecule has 1 aliphatic rings. The van der Waals surface area contributed by atoms with Gasteiger partial charge in [-0.2, -0.15) is 0 Å². The van der Waals surface area contributed by atoms with E-state index < -0.39 is 0 Å². The quantitative estimate of drug-likeness (QED) is 0.628. The average molecular weight is 459 g/mol. The number of rotatable bonds is 4. The van der Waals surface area contributed by atoms with Crippen LogP contribution in [0.2, 0.25) is 0 Å². The Bertz CT molecular complexity index is 1150. The minimum absolute atomic E-state index is 0.0218.